The molecule has 0 bridgehead atoms. The number of benzene rings is 2. The number of Topliss-reactive ketones (excluding diaryl/α,β-unsaturated/α-hetero) is 1. The van der Waals surface area contributed by atoms with Crippen LogP contribution in [0.4, 0.5) is 0 Å². The van der Waals surface area contributed by atoms with E-state index in [9.17, 15) is 4.79 Å². The number of methoxy groups -OCH3 is 1. The van der Waals surface area contributed by atoms with Gasteiger partial charge >= 0.3 is 0 Å². The minimum absolute atomic E-state index is 0.215. The van der Waals surface area contributed by atoms with Gasteiger partial charge in [-0.25, -0.2) is 0 Å². The molecule has 0 saturated carbocycles. The van der Waals surface area contributed by atoms with Crippen LogP contribution in [0.2, 0.25) is 0 Å². The van der Waals surface area contributed by atoms with E-state index in [1.807, 2.05) is 48.5 Å². The molecular formula is C18H16O2S. The lowest BCUT2D eigenvalue weighted by Gasteiger charge is -2.02. The number of carbonyl (C=O) groups is 1. The average molecular weight is 296 g/mol. The summed E-state index contributed by atoms with van der Waals surface area (Å²) in [5, 5.41) is 1.15. The van der Waals surface area contributed by atoms with E-state index in [2.05, 4.69) is 6.07 Å². The fraction of sp³-hybridized carbons (Fsp3) is 0.167. The first kappa shape index (κ1) is 13.8. The maximum Gasteiger partial charge on any atom is 0.173 e. The largest absolute Gasteiger partial charge is 0.497 e. The van der Waals surface area contributed by atoms with Gasteiger partial charge < -0.3 is 4.74 Å². The number of ketones is 1. The van der Waals surface area contributed by atoms with Crippen molar-refractivity contribution in [3.63, 3.8) is 0 Å². The molecule has 0 saturated heterocycles. The molecular weight excluding hydrogens is 280 g/mol. The molecule has 0 aliphatic carbocycles. The molecule has 106 valence electrons. The van der Waals surface area contributed by atoms with Crippen molar-refractivity contribution in [1.29, 1.82) is 0 Å². The molecule has 21 heavy (non-hydrogen) atoms. The highest BCUT2D eigenvalue weighted by Gasteiger charge is 2.10. The van der Waals surface area contributed by atoms with Crippen LogP contribution in [0.1, 0.15) is 21.7 Å². The quantitative estimate of drug-likeness (QED) is 0.636. The number of hydrogen-bond acceptors (Lipinski definition) is 3. The van der Waals surface area contributed by atoms with Gasteiger partial charge in [0.15, 0.2) is 5.78 Å². The van der Waals surface area contributed by atoms with Crippen LogP contribution in [0, 0.1) is 0 Å². The number of ether oxygens (including phenoxy) is 1. The first-order chi connectivity index (χ1) is 10.3. The monoisotopic (exact) mass is 296 g/mol. The Hall–Kier alpha value is -2.13. The van der Waals surface area contributed by atoms with Gasteiger partial charge in [-0.1, -0.05) is 30.3 Å². The highest BCUT2D eigenvalue weighted by Crippen LogP contribution is 2.26. The van der Waals surface area contributed by atoms with Crippen molar-refractivity contribution in [3.05, 3.63) is 65.0 Å². The highest BCUT2D eigenvalue weighted by atomic mass is 32.1. The van der Waals surface area contributed by atoms with Crippen LogP contribution < -0.4 is 4.74 Å². The lowest BCUT2D eigenvalue weighted by atomic mass is 10.1. The Labute approximate surface area is 128 Å². The molecule has 0 N–H and O–H groups in total. The molecule has 0 fully saturated rings. The Morgan fingerprint density at radius 1 is 1.10 bits per heavy atom. The molecule has 0 spiro atoms. The van der Waals surface area contributed by atoms with Crippen molar-refractivity contribution < 1.29 is 9.53 Å². The maximum absolute atomic E-state index is 12.3. The SMILES string of the molecule is COc1ccc(CCC(=O)c2cc3ccccc3s2)cc1. The van der Waals surface area contributed by atoms with E-state index in [0.29, 0.717) is 6.42 Å². The third-order valence-corrected chi connectivity index (χ3v) is 4.66. The Bertz CT molecular complexity index is 723. The second-order valence-corrected chi connectivity index (χ2v) is 6.00. The first-order valence-corrected chi connectivity index (χ1v) is 7.72. The normalized spacial score (nSPS) is 10.7. The van der Waals surface area contributed by atoms with Crippen LogP contribution in [0.15, 0.2) is 54.6 Å². The summed E-state index contributed by atoms with van der Waals surface area (Å²) in [6, 6.07) is 18.0. The molecule has 3 rings (SSSR count). The summed E-state index contributed by atoms with van der Waals surface area (Å²) >= 11 is 1.58. The zero-order chi connectivity index (χ0) is 14.7. The van der Waals surface area contributed by atoms with Crippen molar-refractivity contribution in [1.82, 2.24) is 0 Å². The Kier molecular flexibility index (Phi) is 4.02. The number of fused-ring (bicyclic) bond motifs is 1. The average Bonchev–Trinajstić information content (AvgIpc) is 2.97. The van der Waals surface area contributed by atoms with Crippen LogP contribution in [-0.4, -0.2) is 12.9 Å². The third kappa shape index (κ3) is 3.14. The number of hydrogen-bond donors (Lipinski definition) is 0. The van der Waals surface area contributed by atoms with Gasteiger partial charge in [0.05, 0.1) is 12.0 Å². The fourth-order valence-corrected chi connectivity index (χ4v) is 3.32. The number of thiophene rings is 1. The van der Waals surface area contributed by atoms with Crippen LogP contribution >= 0.6 is 11.3 Å². The van der Waals surface area contributed by atoms with Crippen molar-refractivity contribution >= 4 is 27.2 Å². The zero-order valence-corrected chi connectivity index (χ0v) is 12.7. The van der Waals surface area contributed by atoms with Crippen LogP contribution in [0.5, 0.6) is 5.75 Å². The Morgan fingerprint density at radius 3 is 2.57 bits per heavy atom. The lowest BCUT2D eigenvalue weighted by molar-refractivity contribution is 0.0987. The lowest BCUT2D eigenvalue weighted by Crippen LogP contribution is -1.98. The van der Waals surface area contributed by atoms with E-state index in [1.165, 1.54) is 4.70 Å². The van der Waals surface area contributed by atoms with Gasteiger partial charge in [-0.15, -0.1) is 11.3 Å². The van der Waals surface area contributed by atoms with Crippen molar-refractivity contribution in [3.8, 4) is 5.75 Å². The molecule has 0 radical (unpaired) electrons. The molecule has 0 amide bonds. The third-order valence-electron chi connectivity index (χ3n) is 3.50. The van der Waals surface area contributed by atoms with Crippen LogP contribution in [0.3, 0.4) is 0 Å². The second kappa shape index (κ2) is 6.10. The molecule has 0 unspecified atom stereocenters. The Morgan fingerprint density at radius 2 is 1.86 bits per heavy atom. The molecule has 2 aromatic carbocycles. The molecule has 3 heteroatoms. The van der Waals surface area contributed by atoms with Crippen molar-refractivity contribution in [2.75, 3.05) is 7.11 Å². The summed E-state index contributed by atoms with van der Waals surface area (Å²) in [6.07, 6.45) is 1.30. The molecule has 1 aromatic heterocycles. The van der Waals surface area contributed by atoms with Gasteiger partial charge in [-0.3, -0.25) is 4.79 Å². The van der Waals surface area contributed by atoms with Gasteiger partial charge in [-0.2, -0.15) is 0 Å². The van der Waals surface area contributed by atoms with Crippen molar-refractivity contribution in [2.45, 2.75) is 12.8 Å². The van der Waals surface area contributed by atoms with E-state index >= 15 is 0 Å². The topological polar surface area (TPSA) is 26.3 Å². The standard InChI is InChI=1S/C18H16O2S/c1-20-15-9-6-13(7-10-15)8-11-16(19)18-12-14-4-2-3-5-17(14)21-18/h2-7,9-10,12H,8,11H2,1H3. The molecule has 0 aliphatic rings. The maximum atomic E-state index is 12.3. The predicted octanol–water partition coefficient (Wildman–Crippen LogP) is 4.73. The molecule has 0 aliphatic heterocycles. The van der Waals surface area contributed by atoms with E-state index in [4.69, 9.17) is 4.74 Å². The van der Waals surface area contributed by atoms with Gasteiger partial charge in [0.25, 0.3) is 0 Å². The summed E-state index contributed by atoms with van der Waals surface area (Å²) in [6.45, 7) is 0. The Balaban J connectivity index is 1.68. The summed E-state index contributed by atoms with van der Waals surface area (Å²) in [4.78, 5) is 13.1. The number of carbonyl (C=O) groups excluding carboxylic acids is 1. The summed E-state index contributed by atoms with van der Waals surface area (Å²) in [5.74, 6) is 1.06. The van der Waals surface area contributed by atoms with Gasteiger partial charge in [-0.05, 0) is 41.6 Å². The van der Waals surface area contributed by atoms with E-state index < -0.39 is 0 Å². The molecule has 0 atom stereocenters. The zero-order valence-electron chi connectivity index (χ0n) is 11.8. The van der Waals surface area contributed by atoms with Gasteiger partial charge in [0.1, 0.15) is 5.75 Å². The van der Waals surface area contributed by atoms with E-state index in [0.717, 1.165) is 28.0 Å². The first-order valence-electron chi connectivity index (χ1n) is 6.91. The van der Waals surface area contributed by atoms with Gasteiger partial charge in [0.2, 0.25) is 0 Å². The molecule has 1 heterocycles. The minimum Gasteiger partial charge on any atom is -0.497 e. The summed E-state index contributed by atoms with van der Waals surface area (Å²) in [7, 11) is 1.65. The molecule has 3 aromatic rings. The fourth-order valence-electron chi connectivity index (χ4n) is 2.29. The molecule has 2 nitrogen and oxygen atoms in total. The number of rotatable bonds is 5. The number of aryl methyl sites for hydroxylation is 1. The second-order valence-electron chi connectivity index (χ2n) is 4.92. The highest BCUT2D eigenvalue weighted by molar-refractivity contribution is 7.20. The predicted molar refractivity (Wildman–Crippen MR) is 87.5 cm³/mol. The van der Waals surface area contributed by atoms with Crippen LogP contribution in [0.25, 0.3) is 10.1 Å². The van der Waals surface area contributed by atoms with E-state index in [-0.39, 0.29) is 5.78 Å². The minimum atomic E-state index is 0.215. The van der Waals surface area contributed by atoms with Crippen LogP contribution in [-0.2, 0) is 6.42 Å². The van der Waals surface area contributed by atoms with Crippen molar-refractivity contribution in [2.24, 2.45) is 0 Å². The van der Waals surface area contributed by atoms with E-state index in [1.54, 1.807) is 18.4 Å². The van der Waals surface area contributed by atoms with Gasteiger partial charge in [0, 0.05) is 11.1 Å². The summed E-state index contributed by atoms with van der Waals surface area (Å²) in [5.41, 5.74) is 1.16. The smallest absolute Gasteiger partial charge is 0.173 e. The summed E-state index contributed by atoms with van der Waals surface area (Å²) < 4.78 is 6.30.